The number of hydrogen-bond acceptors (Lipinski definition) is 3. The van der Waals surface area contributed by atoms with E-state index in [0.717, 1.165) is 25.9 Å². The molecule has 15 heavy (non-hydrogen) atoms. The lowest BCUT2D eigenvalue weighted by molar-refractivity contribution is 0.237. The van der Waals surface area contributed by atoms with Crippen LogP contribution in [0.2, 0.25) is 0 Å². The van der Waals surface area contributed by atoms with E-state index in [0.29, 0.717) is 0 Å². The average molecular weight is 211 g/mol. The highest BCUT2D eigenvalue weighted by Crippen LogP contribution is 2.01. The van der Waals surface area contributed by atoms with Gasteiger partial charge in [-0.1, -0.05) is 13.8 Å². The molecule has 1 heterocycles. The Morgan fingerprint density at radius 3 is 2.93 bits per heavy atom. The van der Waals surface area contributed by atoms with Crippen LogP contribution in [-0.4, -0.2) is 27.5 Å². The van der Waals surface area contributed by atoms with Crippen LogP contribution in [0.5, 0.6) is 0 Å². The molecule has 1 atom stereocenters. The zero-order chi connectivity index (χ0) is 11.1. The zero-order valence-electron chi connectivity index (χ0n) is 9.61. The monoisotopic (exact) mass is 211 g/mol. The highest BCUT2D eigenvalue weighted by Gasteiger charge is 2.06. The molecule has 86 valence electrons. The third kappa shape index (κ3) is 3.64. The molecule has 0 unspecified atom stereocenters. The normalized spacial score (nSPS) is 13.0. The molecule has 4 heteroatoms. The van der Waals surface area contributed by atoms with Gasteiger partial charge in [-0.15, -0.1) is 0 Å². The molecular formula is C11H21N3O. The van der Waals surface area contributed by atoms with E-state index in [4.69, 9.17) is 5.11 Å². The highest BCUT2D eigenvalue weighted by atomic mass is 16.3. The number of aromatic nitrogens is 2. The summed E-state index contributed by atoms with van der Waals surface area (Å²) in [5.74, 6) is 0. The topological polar surface area (TPSA) is 50.1 Å². The molecule has 2 N–H and O–H groups in total. The Morgan fingerprint density at radius 1 is 1.53 bits per heavy atom. The second-order valence-corrected chi connectivity index (χ2v) is 3.71. The fourth-order valence-corrected chi connectivity index (χ4v) is 1.51. The number of aryl methyl sites for hydroxylation is 1. The molecule has 1 rings (SSSR count). The Labute approximate surface area is 91.3 Å². The second kappa shape index (κ2) is 6.58. The van der Waals surface area contributed by atoms with Gasteiger partial charge >= 0.3 is 0 Å². The molecule has 0 radical (unpaired) electrons. The fraction of sp³-hybridized carbons (Fsp3) is 0.727. The summed E-state index contributed by atoms with van der Waals surface area (Å²) in [6.07, 6.45) is 3.86. The van der Waals surface area contributed by atoms with Crippen LogP contribution in [0, 0.1) is 0 Å². The molecular weight excluding hydrogens is 190 g/mol. The first kappa shape index (κ1) is 12.2. The van der Waals surface area contributed by atoms with Crippen molar-refractivity contribution < 1.29 is 5.11 Å². The molecule has 0 aromatic carbocycles. The van der Waals surface area contributed by atoms with Crippen molar-refractivity contribution in [3.63, 3.8) is 0 Å². The van der Waals surface area contributed by atoms with Gasteiger partial charge in [-0.25, -0.2) is 0 Å². The van der Waals surface area contributed by atoms with Gasteiger partial charge in [0.15, 0.2) is 0 Å². The van der Waals surface area contributed by atoms with Crippen LogP contribution < -0.4 is 5.32 Å². The molecule has 0 saturated carbocycles. The van der Waals surface area contributed by atoms with E-state index < -0.39 is 0 Å². The van der Waals surface area contributed by atoms with Gasteiger partial charge in [0.05, 0.1) is 12.3 Å². The fourth-order valence-electron chi connectivity index (χ4n) is 1.51. The zero-order valence-corrected chi connectivity index (χ0v) is 9.61. The molecule has 0 aliphatic heterocycles. The van der Waals surface area contributed by atoms with Crippen molar-refractivity contribution in [3.05, 3.63) is 18.0 Å². The van der Waals surface area contributed by atoms with Gasteiger partial charge in [-0.05, 0) is 18.9 Å². The summed E-state index contributed by atoms with van der Waals surface area (Å²) in [6.45, 7) is 6.14. The predicted octanol–water partition coefficient (Wildman–Crippen LogP) is 1.15. The Bertz CT molecular complexity index is 269. The SMILES string of the molecule is CCCn1nccc1CN[C@H](CC)CO. The lowest BCUT2D eigenvalue weighted by Crippen LogP contribution is -2.32. The summed E-state index contributed by atoms with van der Waals surface area (Å²) >= 11 is 0. The highest BCUT2D eigenvalue weighted by molar-refractivity contribution is 5.00. The van der Waals surface area contributed by atoms with Crippen molar-refractivity contribution in [2.24, 2.45) is 0 Å². The number of rotatable bonds is 7. The molecule has 0 saturated heterocycles. The van der Waals surface area contributed by atoms with Gasteiger partial charge in [-0.2, -0.15) is 5.10 Å². The lowest BCUT2D eigenvalue weighted by Gasteiger charge is -2.14. The van der Waals surface area contributed by atoms with E-state index in [1.54, 1.807) is 0 Å². The van der Waals surface area contributed by atoms with E-state index in [1.165, 1.54) is 5.69 Å². The van der Waals surface area contributed by atoms with Crippen molar-refractivity contribution in [3.8, 4) is 0 Å². The van der Waals surface area contributed by atoms with Gasteiger partial charge < -0.3 is 10.4 Å². The van der Waals surface area contributed by atoms with Crippen molar-refractivity contribution in [1.82, 2.24) is 15.1 Å². The maximum atomic E-state index is 9.04. The molecule has 0 aliphatic rings. The van der Waals surface area contributed by atoms with Crippen molar-refractivity contribution >= 4 is 0 Å². The van der Waals surface area contributed by atoms with Gasteiger partial charge in [0.25, 0.3) is 0 Å². The Balaban J connectivity index is 2.45. The Hall–Kier alpha value is -0.870. The average Bonchev–Trinajstić information content (AvgIpc) is 2.68. The Kier molecular flexibility index (Phi) is 5.36. The van der Waals surface area contributed by atoms with Crippen LogP contribution >= 0.6 is 0 Å². The van der Waals surface area contributed by atoms with Crippen LogP contribution in [0.4, 0.5) is 0 Å². The molecule has 0 amide bonds. The molecule has 1 aromatic rings. The van der Waals surface area contributed by atoms with Gasteiger partial charge in [0, 0.05) is 25.3 Å². The lowest BCUT2D eigenvalue weighted by atomic mass is 10.2. The minimum absolute atomic E-state index is 0.190. The van der Waals surface area contributed by atoms with Crippen molar-refractivity contribution in [2.45, 2.75) is 45.8 Å². The van der Waals surface area contributed by atoms with Crippen LogP contribution in [0.3, 0.4) is 0 Å². The molecule has 0 bridgehead atoms. The summed E-state index contributed by atoms with van der Waals surface area (Å²) in [4.78, 5) is 0. The van der Waals surface area contributed by atoms with Crippen LogP contribution in [0.25, 0.3) is 0 Å². The van der Waals surface area contributed by atoms with Crippen molar-refractivity contribution in [1.29, 1.82) is 0 Å². The third-order valence-electron chi connectivity index (χ3n) is 2.52. The first-order valence-corrected chi connectivity index (χ1v) is 5.66. The first-order chi connectivity index (χ1) is 7.31. The van der Waals surface area contributed by atoms with Gasteiger partial charge in [-0.3, -0.25) is 4.68 Å². The molecule has 1 aromatic heterocycles. The predicted molar refractivity (Wildman–Crippen MR) is 60.5 cm³/mol. The first-order valence-electron chi connectivity index (χ1n) is 5.66. The van der Waals surface area contributed by atoms with E-state index in [-0.39, 0.29) is 12.6 Å². The number of nitrogens with zero attached hydrogens (tertiary/aromatic N) is 2. The maximum Gasteiger partial charge on any atom is 0.0584 e. The summed E-state index contributed by atoms with van der Waals surface area (Å²) in [5.41, 5.74) is 1.18. The van der Waals surface area contributed by atoms with Crippen molar-refractivity contribution in [2.75, 3.05) is 6.61 Å². The maximum absolute atomic E-state index is 9.04. The number of hydrogen-bond donors (Lipinski definition) is 2. The van der Waals surface area contributed by atoms with Crippen LogP contribution in [0.15, 0.2) is 12.3 Å². The van der Waals surface area contributed by atoms with Crippen LogP contribution in [-0.2, 0) is 13.1 Å². The van der Waals surface area contributed by atoms with E-state index in [1.807, 2.05) is 16.9 Å². The molecule has 0 fully saturated rings. The Morgan fingerprint density at radius 2 is 2.33 bits per heavy atom. The summed E-state index contributed by atoms with van der Waals surface area (Å²) < 4.78 is 2.01. The van der Waals surface area contributed by atoms with Crippen LogP contribution in [0.1, 0.15) is 32.4 Å². The summed E-state index contributed by atoms with van der Waals surface area (Å²) in [7, 11) is 0. The van der Waals surface area contributed by atoms with Gasteiger partial charge in [0.2, 0.25) is 0 Å². The largest absolute Gasteiger partial charge is 0.395 e. The van der Waals surface area contributed by atoms with E-state index in [9.17, 15) is 0 Å². The molecule has 4 nitrogen and oxygen atoms in total. The molecule has 0 spiro atoms. The van der Waals surface area contributed by atoms with E-state index in [2.05, 4.69) is 24.3 Å². The third-order valence-corrected chi connectivity index (χ3v) is 2.52. The number of nitrogens with one attached hydrogen (secondary N) is 1. The quantitative estimate of drug-likeness (QED) is 0.711. The van der Waals surface area contributed by atoms with E-state index >= 15 is 0 Å². The minimum Gasteiger partial charge on any atom is -0.395 e. The summed E-state index contributed by atoms with van der Waals surface area (Å²) in [5, 5.41) is 16.6. The minimum atomic E-state index is 0.190. The number of aliphatic hydroxyl groups excluding tert-OH is 1. The van der Waals surface area contributed by atoms with Gasteiger partial charge in [0.1, 0.15) is 0 Å². The summed E-state index contributed by atoms with van der Waals surface area (Å²) in [6, 6.07) is 2.21. The smallest absolute Gasteiger partial charge is 0.0584 e. The second-order valence-electron chi connectivity index (χ2n) is 3.71. The number of aliphatic hydroxyl groups is 1. The standard InChI is InChI=1S/C11H21N3O/c1-3-7-14-11(5-6-13-14)8-12-10(4-2)9-15/h5-6,10,12,15H,3-4,7-9H2,1-2H3/t10-/m1/s1. The molecule has 0 aliphatic carbocycles.